The minimum Gasteiger partial charge on any atom is -0.451 e. The third-order valence-electron chi connectivity index (χ3n) is 9.15. The van der Waals surface area contributed by atoms with Crippen molar-refractivity contribution in [1.82, 2.24) is 15.5 Å². The Hall–Kier alpha value is -4.84. The summed E-state index contributed by atoms with van der Waals surface area (Å²) in [5.41, 5.74) is 7.75. The van der Waals surface area contributed by atoms with Crippen molar-refractivity contribution in [3.63, 3.8) is 0 Å². The van der Waals surface area contributed by atoms with Gasteiger partial charge < -0.3 is 41.2 Å². The van der Waals surface area contributed by atoms with Crippen molar-refractivity contribution >= 4 is 51.8 Å². The maximum Gasteiger partial charge on any atom is 0.319 e. The van der Waals surface area contributed by atoms with E-state index in [2.05, 4.69) is 21.3 Å². The van der Waals surface area contributed by atoms with Crippen LogP contribution in [0.25, 0.3) is 11.0 Å². The zero-order valence-electron chi connectivity index (χ0n) is 25.8. The fourth-order valence-corrected chi connectivity index (χ4v) is 6.52. The summed E-state index contributed by atoms with van der Waals surface area (Å²) in [6.45, 7) is 2.89. The summed E-state index contributed by atoms with van der Waals surface area (Å²) in [5, 5.41) is 12.9. The normalized spacial score (nSPS) is 21.5. The van der Waals surface area contributed by atoms with Gasteiger partial charge >= 0.3 is 6.03 Å². The molecule has 3 aromatic rings. The van der Waals surface area contributed by atoms with E-state index in [9.17, 15) is 19.2 Å². The van der Waals surface area contributed by atoms with E-state index in [0.717, 1.165) is 50.5 Å². The monoisotopic (exact) mass is 627 g/mol. The fourth-order valence-electron chi connectivity index (χ4n) is 6.52. The third-order valence-corrected chi connectivity index (χ3v) is 9.15. The first-order chi connectivity index (χ1) is 22.3. The van der Waals surface area contributed by atoms with Crippen LogP contribution in [0.2, 0.25) is 0 Å². The second kappa shape index (κ2) is 14.1. The van der Waals surface area contributed by atoms with Crippen LogP contribution >= 0.6 is 0 Å². The number of carbonyl (C=O) groups is 4. The van der Waals surface area contributed by atoms with Gasteiger partial charge in [-0.2, -0.15) is 0 Å². The standard InChI is InChI=1S/C34H41N7O5/c35-31(42)23-10-8-22(9-11-23)21-37-34(45)38-25-12-13-28(40-15-4-16-41(18-17-40)33(44)26-6-3-14-36-26)27(20-25)39-32(43)30-19-24-5-1-2-7-29(24)46-30/h1-2,4-5,7,12-13,15,19-20,22-23,26,36H,3,6,8-11,14,16-18,21H2,(H2,35,42)(H,39,43)(H2,37,38,45). The summed E-state index contributed by atoms with van der Waals surface area (Å²) in [4.78, 5) is 54.7. The zero-order chi connectivity index (χ0) is 32.0. The number of nitrogens with one attached hydrogen (secondary N) is 4. The van der Waals surface area contributed by atoms with Crippen molar-refractivity contribution in [1.29, 1.82) is 0 Å². The Morgan fingerprint density at radius 1 is 0.957 bits per heavy atom. The van der Waals surface area contributed by atoms with Crippen LogP contribution in [0.15, 0.2) is 65.2 Å². The van der Waals surface area contributed by atoms with E-state index in [1.54, 1.807) is 24.3 Å². The molecule has 0 bridgehead atoms. The van der Waals surface area contributed by atoms with Crippen molar-refractivity contribution in [2.45, 2.75) is 44.6 Å². The number of fused-ring (bicyclic) bond motifs is 1. The Bertz CT molecular complexity index is 1590. The van der Waals surface area contributed by atoms with E-state index >= 15 is 0 Å². The van der Waals surface area contributed by atoms with E-state index in [-0.39, 0.29) is 41.5 Å². The summed E-state index contributed by atoms with van der Waals surface area (Å²) in [6, 6.07) is 14.0. The molecule has 6 N–H and O–H groups in total. The second-order valence-electron chi connectivity index (χ2n) is 12.3. The summed E-state index contributed by atoms with van der Waals surface area (Å²) >= 11 is 0. The molecule has 2 fully saturated rings. The Morgan fingerprint density at radius 3 is 2.54 bits per heavy atom. The average Bonchev–Trinajstić information content (AvgIpc) is 3.70. The summed E-state index contributed by atoms with van der Waals surface area (Å²) < 4.78 is 5.81. The van der Waals surface area contributed by atoms with E-state index in [4.69, 9.17) is 10.2 Å². The van der Waals surface area contributed by atoms with Crippen LogP contribution in [0.3, 0.4) is 0 Å². The van der Waals surface area contributed by atoms with Crippen LogP contribution in [0.1, 0.15) is 49.1 Å². The Labute approximate surface area is 267 Å². The maximum absolute atomic E-state index is 13.4. The lowest BCUT2D eigenvalue weighted by Crippen LogP contribution is -2.45. The van der Waals surface area contributed by atoms with Gasteiger partial charge in [0.2, 0.25) is 11.8 Å². The molecule has 2 aromatic carbocycles. The van der Waals surface area contributed by atoms with Crippen LogP contribution in [0, 0.1) is 11.8 Å². The molecule has 1 saturated heterocycles. The Morgan fingerprint density at radius 2 is 1.78 bits per heavy atom. The van der Waals surface area contributed by atoms with Crippen molar-refractivity contribution in [2.24, 2.45) is 17.6 Å². The molecule has 1 atom stereocenters. The molecule has 3 heterocycles. The molecule has 1 unspecified atom stereocenters. The van der Waals surface area contributed by atoms with Gasteiger partial charge in [-0.05, 0) is 87.4 Å². The molecule has 2 aliphatic heterocycles. The molecule has 242 valence electrons. The fraction of sp³-hybridized carbons (Fsp3) is 0.412. The summed E-state index contributed by atoms with van der Waals surface area (Å²) in [5.74, 6) is -0.195. The molecule has 1 aliphatic carbocycles. The van der Waals surface area contributed by atoms with Gasteiger partial charge in [0.25, 0.3) is 5.91 Å². The number of nitrogens with two attached hydrogens (primary N) is 1. The third kappa shape index (κ3) is 7.34. The molecular formula is C34H41N7O5. The number of amides is 5. The number of urea groups is 1. The molecule has 12 heteroatoms. The Balaban J connectivity index is 1.16. The highest BCUT2D eigenvalue weighted by Crippen LogP contribution is 2.32. The highest BCUT2D eigenvalue weighted by molar-refractivity contribution is 6.07. The molecule has 1 saturated carbocycles. The van der Waals surface area contributed by atoms with Crippen LogP contribution in [-0.4, -0.2) is 67.4 Å². The van der Waals surface area contributed by atoms with Gasteiger partial charge in [-0.1, -0.05) is 18.2 Å². The molecule has 1 aromatic heterocycles. The van der Waals surface area contributed by atoms with Gasteiger partial charge in [-0.3, -0.25) is 14.4 Å². The van der Waals surface area contributed by atoms with Gasteiger partial charge in [-0.25, -0.2) is 4.79 Å². The number of hydrogen-bond acceptors (Lipinski definition) is 7. The predicted molar refractivity (Wildman–Crippen MR) is 176 cm³/mol. The second-order valence-corrected chi connectivity index (χ2v) is 12.3. The number of para-hydroxylation sites is 1. The first kappa shape index (κ1) is 31.2. The summed E-state index contributed by atoms with van der Waals surface area (Å²) in [7, 11) is 0. The van der Waals surface area contributed by atoms with Gasteiger partial charge in [0, 0.05) is 49.4 Å². The van der Waals surface area contributed by atoms with Crippen molar-refractivity contribution < 1.29 is 23.6 Å². The lowest BCUT2D eigenvalue weighted by Gasteiger charge is -2.27. The van der Waals surface area contributed by atoms with Gasteiger partial charge in [0.1, 0.15) is 5.58 Å². The number of hydrogen-bond donors (Lipinski definition) is 5. The number of nitrogens with zero attached hydrogens (tertiary/aromatic N) is 2. The first-order valence-corrected chi connectivity index (χ1v) is 16.1. The maximum atomic E-state index is 13.4. The SMILES string of the molecule is NC(=O)C1CCC(CNC(=O)Nc2ccc(N3C=CCN(C(=O)C4CCCN4)CC3)c(NC(=O)c3cc4ccccc4o3)c2)CC1. The quantitative estimate of drug-likeness (QED) is 0.252. The molecular weight excluding hydrogens is 586 g/mol. The molecule has 3 aliphatic rings. The zero-order valence-corrected chi connectivity index (χ0v) is 25.8. The lowest BCUT2D eigenvalue weighted by atomic mass is 9.82. The van der Waals surface area contributed by atoms with E-state index in [1.165, 1.54) is 0 Å². The number of anilines is 3. The number of carbonyl (C=O) groups excluding carboxylic acids is 4. The minimum atomic E-state index is -0.423. The van der Waals surface area contributed by atoms with Gasteiger partial charge in [0.05, 0.1) is 17.4 Å². The topological polar surface area (TPSA) is 162 Å². The summed E-state index contributed by atoms with van der Waals surface area (Å²) in [6.07, 6.45) is 8.88. The lowest BCUT2D eigenvalue weighted by molar-refractivity contribution is -0.132. The van der Waals surface area contributed by atoms with E-state index in [1.807, 2.05) is 46.3 Å². The number of furan rings is 1. The van der Waals surface area contributed by atoms with Crippen molar-refractivity contribution in [2.75, 3.05) is 48.3 Å². The highest BCUT2D eigenvalue weighted by Gasteiger charge is 2.28. The Kier molecular flexibility index (Phi) is 9.53. The van der Waals surface area contributed by atoms with E-state index < -0.39 is 5.91 Å². The minimum absolute atomic E-state index is 0.0799. The molecule has 0 spiro atoms. The molecule has 46 heavy (non-hydrogen) atoms. The number of benzene rings is 2. The van der Waals surface area contributed by atoms with E-state index in [0.29, 0.717) is 48.8 Å². The molecule has 0 radical (unpaired) electrons. The highest BCUT2D eigenvalue weighted by atomic mass is 16.3. The number of rotatable bonds is 8. The van der Waals surface area contributed by atoms with Crippen LogP contribution in [0.4, 0.5) is 21.9 Å². The first-order valence-electron chi connectivity index (χ1n) is 16.1. The molecule has 12 nitrogen and oxygen atoms in total. The molecule has 5 amide bonds. The van der Waals surface area contributed by atoms with Crippen LogP contribution in [0.5, 0.6) is 0 Å². The largest absolute Gasteiger partial charge is 0.451 e. The van der Waals surface area contributed by atoms with Crippen LogP contribution in [-0.2, 0) is 9.59 Å². The van der Waals surface area contributed by atoms with Gasteiger partial charge in [-0.15, -0.1) is 0 Å². The predicted octanol–water partition coefficient (Wildman–Crippen LogP) is 4.01. The van der Waals surface area contributed by atoms with Gasteiger partial charge in [0.15, 0.2) is 5.76 Å². The van der Waals surface area contributed by atoms with Crippen molar-refractivity contribution in [3.05, 3.63) is 66.6 Å². The average molecular weight is 628 g/mol. The van der Waals surface area contributed by atoms with Crippen molar-refractivity contribution in [3.8, 4) is 0 Å². The number of primary amides is 1. The molecule has 6 rings (SSSR count). The van der Waals surface area contributed by atoms with Crippen LogP contribution < -0.4 is 31.9 Å². The smallest absolute Gasteiger partial charge is 0.319 e.